The molecule has 2 aliphatic heterocycles. The summed E-state index contributed by atoms with van der Waals surface area (Å²) in [6.07, 6.45) is -8.07. The molecule has 0 bridgehead atoms. The Morgan fingerprint density at radius 3 is 1.67 bits per heavy atom. The molecule has 3 N–H and O–H groups in total. The van der Waals surface area contributed by atoms with Gasteiger partial charge in [-0.3, -0.25) is 9.69 Å². The van der Waals surface area contributed by atoms with E-state index in [9.17, 15) is 35.9 Å². The van der Waals surface area contributed by atoms with E-state index < -0.39 is 30.3 Å². The van der Waals surface area contributed by atoms with Gasteiger partial charge < -0.3 is 15.3 Å². The van der Waals surface area contributed by atoms with Crippen molar-refractivity contribution < 1.29 is 60.8 Å². The summed E-state index contributed by atoms with van der Waals surface area (Å²) < 4.78 is 63.5. The van der Waals surface area contributed by atoms with Gasteiger partial charge in [-0.15, -0.1) is 11.8 Å². The molecule has 0 spiro atoms. The summed E-state index contributed by atoms with van der Waals surface area (Å²) in [7, 11) is 0. The molecule has 0 aliphatic carbocycles. The molecule has 1 saturated heterocycles. The normalized spacial score (nSPS) is 21.2. The van der Waals surface area contributed by atoms with Gasteiger partial charge in [-0.1, -0.05) is 0 Å². The molecule has 1 amide bonds. The van der Waals surface area contributed by atoms with Gasteiger partial charge >= 0.3 is 30.3 Å². The van der Waals surface area contributed by atoms with Crippen molar-refractivity contribution in [2.24, 2.45) is 0 Å². The maximum Gasteiger partial charge on any atom is 0.490 e. The SMILES string of the molecule is CC1C=C(C(=O)O)N2C(=O)C[C@H]2S1.O=C(O)C(F)(F)F.O=C(O)C(F)(F)F. The van der Waals surface area contributed by atoms with Crippen LogP contribution in [-0.4, -0.2) is 67.0 Å². The van der Waals surface area contributed by atoms with Crippen LogP contribution in [-0.2, 0) is 19.2 Å². The summed E-state index contributed by atoms with van der Waals surface area (Å²) in [6, 6.07) is 0. The maximum atomic E-state index is 11.1. The Kier molecular flexibility index (Phi) is 8.15. The Labute approximate surface area is 150 Å². The van der Waals surface area contributed by atoms with E-state index in [0.29, 0.717) is 6.42 Å². The van der Waals surface area contributed by atoms with Gasteiger partial charge in [0, 0.05) is 5.25 Å². The third kappa shape index (κ3) is 7.76. The highest BCUT2D eigenvalue weighted by Gasteiger charge is 2.44. The lowest BCUT2D eigenvalue weighted by atomic mass is 10.1. The van der Waals surface area contributed by atoms with Crippen LogP contribution in [0.15, 0.2) is 11.8 Å². The molecule has 2 rings (SSSR count). The fourth-order valence-corrected chi connectivity index (χ4v) is 2.84. The quantitative estimate of drug-likeness (QED) is 0.427. The van der Waals surface area contributed by atoms with Crippen LogP contribution in [0.1, 0.15) is 13.3 Å². The van der Waals surface area contributed by atoms with E-state index in [-0.39, 0.29) is 22.2 Å². The lowest BCUT2D eigenvalue weighted by Crippen LogP contribution is -2.53. The number of fused-ring (bicyclic) bond motifs is 1. The van der Waals surface area contributed by atoms with E-state index in [0.717, 1.165) is 0 Å². The topological polar surface area (TPSA) is 132 Å². The van der Waals surface area contributed by atoms with Gasteiger partial charge in [0.05, 0.1) is 11.8 Å². The van der Waals surface area contributed by atoms with Crippen LogP contribution in [0.5, 0.6) is 0 Å². The first kappa shape index (κ1) is 24.6. The van der Waals surface area contributed by atoms with E-state index in [2.05, 4.69) is 0 Å². The lowest BCUT2D eigenvalue weighted by molar-refractivity contribution is -0.193. The van der Waals surface area contributed by atoms with Gasteiger partial charge in [0.1, 0.15) is 5.70 Å². The van der Waals surface area contributed by atoms with Crippen LogP contribution in [0, 0.1) is 0 Å². The van der Waals surface area contributed by atoms with Crippen molar-refractivity contribution in [1.82, 2.24) is 4.90 Å². The molecule has 27 heavy (non-hydrogen) atoms. The highest BCUT2D eigenvalue weighted by atomic mass is 32.2. The number of aliphatic carboxylic acids is 3. The molecule has 0 aromatic carbocycles. The second-order valence-corrected chi connectivity index (χ2v) is 6.29. The van der Waals surface area contributed by atoms with E-state index in [4.69, 9.17) is 24.9 Å². The van der Waals surface area contributed by atoms with Gasteiger partial charge in [0.15, 0.2) is 0 Å². The number of halogens is 6. The van der Waals surface area contributed by atoms with Gasteiger partial charge in [-0.25, -0.2) is 14.4 Å². The fraction of sp³-hybridized carbons (Fsp3) is 0.500. The Balaban J connectivity index is 0.000000416. The van der Waals surface area contributed by atoms with E-state index in [1.807, 2.05) is 6.92 Å². The second kappa shape index (κ2) is 8.96. The van der Waals surface area contributed by atoms with Crippen molar-refractivity contribution in [3.8, 4) is 0 Å². The first-order chi connectivity index (χ1) is 12.0. The van der Waals surface area contributed by atoms with Gasteiger partial charge in [-0.2, -0.15) is 26.3 Å². The monoisotopic (exact) mass is 427 g/mol. The Morgan fingerprint density at radius 1 is 1.04 bits per heavy atom. The minimum absolute atomic E-state index is 0.0543. The molecular weight excluding hydrogens is 416 g/mol. The van der Waals surface area contributed by atoms with Crippen LogP contribution in [0.25, 0.3) is 0 Å². The number of carboxylic acids is 3. The first-order valence-corrected chi connectivity index (χ1v) is 7.45. The highest BCUT2D eigenvalue weighted by Crippen LogP contribution is 2.40. The number of alkyl halides is 6. The van der Waals surface area contributed by atoms with Gasteiger partial charge in [0.25, 0.3) is 0 Å². The number of hydrogen-bond acceptors (Lipinski definition) is 5. The number of hydrogen-bond donors (Lipinski definition) is 3. The van der Waals surface area contributed by atoms with Gasteiger partial charge in [0.2, 0.25) is 5.91 Å². The standard InChI is InChI=1S/C8H9NO3S.2C2HF3O2/c1-4-2-5(8(11)12)9-6(10)3-7(9)13-4;2*3-2(4,5)1(6)7/h2,4,7H,3H2,1H3,(H,11,12);2*(H,6,7)/t4?,7-;;/m1../s1. The molecule has 154 valence electrons. The Bertz CT molecular complexity index is 621. The second-order valence-electron chi connectivity index (χ2n) is 4.73. The Hall–Kier alpha value is -2.45. The molecule has 1 fully saturated rings. The number of rotatable bonds is 1. The molecule has 2 heterocycles. The predicted octanol–water partition coefficient (Wildman–Crippen LogP) is 1.92. The van der Waals surface area contributed by atoms with Crippen molar-refractivity contribution >= 4 is 35.6 Å². The minimum Gasteiger partial charge on any atom is -0.477 e. The van der Waals surface area contributed by atoms with Crippen LogP contribution in [0.4, 0.5) is 26.3 Å². The Morgan fingerprint density at radius 2 is 1.41 bits per heavy atom. The zero-order valence-corrected chi connectivity index (χ0v) is 13.9. The predicted molar refractivity (Wildman–Crippen MR) is 75.4 cm³/mol. The molecule has 0 aromatic rings. The third-order valence-electron chi connectivity index (χ3n) is 2.63. The van der Waals surface area contributed by atoms with Crippen molar-refractivity contribution in [2.45, 2.75) is 36.3 Å². The number of nitrogens with zero attached hydrogens (tertiary/aromatic N) is 1. The van der Waals surface area contributed by atoms with E-state index in [1.165, 1.54) is 4.90 Å². The minimum atomic E-state index is -5.08. The smallest absolute Gasteiger partial charge is 0.477 e. The largest absolute Gasteiger partial charge is 0.490 e. The van der Waals surface area contributed by atoms with E-state index >= 15 is 0 Å². The van der Waals surface area contributed by atoms with Crippen molar-refractivity contribution in [3.63, 3.8) is 0 Å². The van der Waals surface area contributed by atoms with E-state index in [1.54, 1.807) is 17.8 Å². The molecule has 0 radical (unpaired) electrons. The zero-order chi connectivity index (χ0) is 21.7. The molecular formula is C12H11F6NO7S. The molecule has 8 nitrogen and oxygen atoms in total. The molecule has 1 unspecified atom stereocenters. The first-order valence-electron chi connectivity index (χ1n) is 6.51. The molecule has 15 heteroatoms. The highest BCUT2D eigenvalue weighted by molar-refractivity contribution is 8.00. The van der Waals surface area contributed by atoms with Crippen LogP contribution in [0.3, 0.4) is 0 Å². The average Bonchev–Trinajstić information content (AvgIpc) is 2.44. The number of β-lactam (4-membered cyclic amide) rings is 1. The summed E-state index contributed by atoms with van der Waals surface area (Å²) >= 11 is 1.63. The number of amides is 1. The summed E-state index contributed by atoms with van der Waals surface area (Å²) in [6.45, 7) is 1.94. The van der Waals surface area contributed by atoms with Crippen molar-refractivity contribution in [1.29, 1.82) is 0 Å². The summed E-state index contributed by atoms with van der Waals surface area (Å²) in [5, 5.41) is 23.3. The maximum absolute atomic E-state index is 11.1. The van der Waals surface area contributed by atoms with Crippen LogP contribution in [0.2, 0.25) is 0 Å². The van der Waals surface area contributed by atoms with Gasteiger partial charge in [-0.05, 0) is 13.0 Å². The summed E-state index contributed by atoms with van der Waals surface area (Å²) in [5.41, 5.74) is 0.146. The molecule has 2 aliphatic rings. The molecule has 0 saturated carbocycles. The number of carbonyl (C=O) groups excluding carboxylic acids is 1. The number of thioether (sulfide) groups is 1. The molecule has 0 aromatic heterocycles. The van der Waals surface area contributed by atoms with Crippen LogP contribution < -0.4 is 0 Å². The summed E-state index contributed by atoms with van der Waals surface area (Å²) in [5.74, 6) is -6.61. The number of carbonyl (C=O) groups is 4. The van der Waals surface area contributed by atoms with Crippen molar-refractivity contribution in [3.05, 3.63) is 11.8 Å². The number of carboxylic acid groups (broad SMARTS) is 3. The lowest BCUT2D eigenvalue weighted by Gasteiger charge is -2.43. The average molecular weight is 427 g/mol. The zero-order valence-electron chi connectivity index (χ0n) is 13.0. The molecule has 2 atom stereocenters. The van der Waals surface area contributed by atoms with Crippen LogP contribution >= 0.6 is 11.8 Å². The van der Waals surface area contributed by atoms with Crippen molar-refractivity contribution in [2.75, 3.05) is 0 Å². The third-order valence-corrected chi connectivity index (χ3v) is 3.89. The fourth-order valence-electron chi connectivity index (χ4n) is 1.55. The summed E-state index contributed by atoms with van der Waals surface area (Å²) in [4.78, 5) is 41.0.